The lowest BCUT2D eigenvalue weighted by Crippen LogP contribution is -2.50. The van der Waals surface area contributed by atoms with Crippen molar-refractivity contribution in [3.05, 3.63) is 116 Å². The van der Waals surface area contributed by atoms with Crippen molar-refractivity contribution >= 4 is 76.2 Å². The summed E-state index contributed by atoms with van der Waals surface area (Å²) in [5, 5.41) is 0.333. The summed E-state index contributed by atoms with van der Waals surface area (Å²) < 4.78 is 56.7. The van der Waals surface area contributed by atoms with Gasteiger partial charge in [-0.25, -0.2) is 48.3 Å². The summed E-state index contributed by atoms with van der Waals surface area (Å²) >= 11 is 24.7. The van der Waals surface area contributed by atoms with Gasteiger partial charge in [0.15, 0.2) is 23.1 Å². The van der Waals surface area contributed by atoms with Crippen LogP contribution >= 0.6 is 46.4 Å². The molecule has 2 unspecified atom stereocenters. The van der Waals surface area contributed by atoms with Gasteiger partial charge in [-0.15, -0.1) is 0 Å². The molecule has 2 amide bonds. The van der Waals surface area contributed by atoms with Crippen LogP contribution in [0.4, 0.5) is 36.0 Å². The number of carbonyl (C=O) groups excluding carboxylic acids is 2. The number of rotatable bonds is 11. The second-order valence-electron chi connectivity index (χ2n) is 20.0. The van der Waals surface area contributed by atoms with Crippen molar-refractivity contribution in [1.29, 1.82) is 0 Å². The highest BCUT2D eigenvalue weighted by atomic mass is 35.5. The van der Waals surface area contributed by atoms with E-state index in [1.807, 2.05) is 46.4 Å². The van der Waals surface area contributed by atoms with Crippen LogP contribution in [-0.2, 0) is 9.47 Å². The third-order valence-electron chi connectivity index (χ3n) is 11.9. The number of piperidine rings is 1. The third kappa shape index (κ3) is 15.3. The van der Waals surface area contributed by atoms with Gasteiger partial charge in [0.1, 0.15) is 41.1 Å². The van der Waals surface area contributed by atoms with E-state index in [4.69, 9.17) is 81.6 Å². The smallest absolute Gasteiger partial charge is 0.410 e. The van der Waals surface area contributed by atoms with E-state index in [0.29, 0.717) is 91.4 Å². The van der Waals surface area contributed by atoms with Crippen molar-refractivity contribution in [2.75, 3.05) is 55.6 Å². The maximum absolute atomic E-state index is 14.0. The van der Waals surface area contributed by atoms with Gasteiger partial charge in [0.2, 0.25) is 5.95 Å². The summed E-state index contributed by atoms with van der Waals surface area (Å²) in [6.07, 6.45) is 8.89. The van der Waals surface area contributed by atoms with Crippen LogP contribution in [0, 0.1) is 11.6 Å². The molecule has 0 spiro atoms. The van der Waals surface area contributed by atoms with Crippen LogP contribution < -0.4 is 30.6 Å². The second-order valence-corrected chi connectivity index (χ2v) is 21.6. The zero-order valence-corrected chi connectivity index (χ0v) is 46.6. The van der Waals surface area contributed by atoms with Gasteiger partial charge in [-0.1, -0.05) is 46.4 Å². The maximum atomic E-state index is 14.0. The van der Waals surface area contributed by atoms with Crippen molar-refractivity contribution in [3.63, 3.8) is 0 Å². The van der Waals surface area contributed by atoms with Crippen molar-refractivity contribution in [2.24, 2.45) is 0 Å². The van der Waals surface area contributed by atoms with Crippen LogP contribution in [-0.4, -0.2) is 108 Å². The Morgan fingerprint density at radius 1 is 0.584 bits per heavy atom. The molecule has 0 bridgehead atoms. The molecule has 2 fully saturated rings. The molecule has 0 aliphatic carbocycles. The van der Waals surface area contributed by atoms with E-state index in [1.165, 1.54) is 24.3 Å². The number of anilines is 3. The second kappa shape index (κ2) is 24.7. The molecule has 2 aliphatic heterocycles. The number of aromatic nitrogens is 6. The summed E-state index contributed by atoms with van der Waals surface area (Å²) in [5.74, 6) is 0.227. The number of carbonyl (C=O) groups is 2. The molecule has 410 valence electrons. The molecule has 2 atom stereocenters. The van der Waals surface area contributed by atoms with E-state index >= 15 is 0 Å². The first kappa shape index (κ1) is 58.0. The number of ether oxygens (including phenoxy) is 5. The topological polar surface area (TPSA) is 219 Å². The van der Waals surface area contributed by atoms with E-state index in [9.17, 15) is 18.4 Å². The number of hydrogen-bond acceptors (Lipinski definition) is 16. The van der Waals surface area contributed by atoms with E-state index in [-0.39, 0.29) is 67.5 Å². The Bertz CT molecular complexity index is 3050. The van der Waals surface area contributed by atoms with E-state index in [0.717, 1.165) is 0 Å². The fourth-order valence-electron chi connectivity index (χ4n) is 7.95. The average molecular weight is 1140 g/mol. The molecular formula is C53H59Cl4F2N11O7. The van der Waals surface area contributed by atoms with Gasteiger partial charge >= 0.3 is 18.2 Å². The highest BCUT2D eigenvalue weighted by molar-refractivity contribution is 6.36. The SMILES string of the molecule is CC(Oc1cc(-c2cnc(N3CCN(C(=O)OC(C)(C)C)CC3)nc2)cnc1N)c1c(Cl)ccc(F)c1Cl.CC(Oc1cc(-c2cnc(OC3CCN(C(=O)OC(C)(C)C)CC3)nc2)cnc1N)c1c(Cl)ccc(F)c1Cl. The molecule has 4 N–H and O–H groups in total. The molecule has 8 rings (SSSR count). The van der Waals surface area contributed by atoms with Gasteiger partial charge in [-0.3, -0.25) is 0 Å². The fraction of sp³-hybridized carbons (Fsp3) is 0.396. The Hall–Kier alpha value is -6.74. The van der Waals surface area contributed by atoms with Gasteiger partial charge in [0.25, 0.3) is 0 Å². The van der Waals surface area contributed by atoms with Gasteiger partial charge in [-0.05, 0) is 91.8 Å². The first-order chi connectivity index (χ1) is 36.3. The van der Waals surface area contributed by atoms with Gasteiger partial charge in [0, 0.05) is 133 Å². The molecule has 24 heteroatoms. The van der Waals surface area contributed by atoms with E-state index in [1.54, 1.807) is 73.0 Å². The maximum Gasteiger partial charge on any atom is 0.410 e. The predicted octanol–water partition coefficient (Wildman–Crippen LogP) is 12.2. The van der Waals surface area contributed by atoms with Crippen LogP contribution in [0.25, 0.3) is 22.3 Å². The molecule has 6 heterocycles. The highest BCUT2D eigenvalue weighted by Gasteiger charge is 2.30. The zero-order chi connectivity index (χ0) is 55.9. The molecule has 0 radical (unpaired) electrons. The zero-order valence-electron chi connectivity index (χ0n) is 43.6. The minimum atomic E-state index is -0.700. The lowest BCUT2D eigenvalue weighted by molar-refractivity contribution is 0.0118. The number of halogens is 6. The number of nitrogen functional groups attached to an aromatic ring is 2. The van der Waals surface area contributed by atoms with E-state index < -0.39 is 35.0 Å². The molecule has 2 aliphatic rings. The Morgan fingerprint density at radius 3 is 1.39 bits per heavy atom. The number of nitrogens with zero attached hydrogens (tertiary/aromatic N) is 9. The van der Waals surface area contributed by atoms with Crippen molar-refractivity contribution in [3.8, 4) is 39.8 Å². The molecule has 0 saturated carbocycles. The fourth-order valence-corrected chi connectivity index (χ4v) is 9.31. The van der Waals surface area contributed by atoms with Crippen molar-refractivity contribution in [1.82, 2.24) is 39.7 Å². The summed E-state index contributed by atoms with van der Waals surface area (Å²) in [6.45, 7) is 17.7. The summed E-state index contributed by atoms with van der Waals surface area (Å²) in [7, 11) is 0. The largest absolute Gasteiger partial charge is 0.482 e. The van der Waals surface area contributed by atoms with Crippen LogP contribution in [0.2, 0.25) is 20.1 Å². The van der Waals surface area contributed by atoms with Crippen LogP contribution in [0.15, 0.2) is 73.6 Å². The lowest BCUT2D eigenvalue weighted by Gasteiger charge is -2.35. The minimum Gasteiger partial charge on any atom is -0.482 e. The van der Waals surface area contributed by atoms with Crippen molar-refractivity contribution < 1.29 is 42.1 Å². The number of amides is 2. The molecular weight excluding hydrogens is 1080 g/mol. The third-order valence-corrected chi connectivity index (χ3v) is 13.3. The number of hydrogen-bond donors (Lipinski definition) is 2. The first-order valence-corrected chi connectivity index (χ1v) is 26.0. The highest BCUT2D eigenvalue weighted by Crippen LogP contribution is 2.39. The molecule has 6 aromatic rings. The summed E-state index contributed by atoms with van der Waals surface area (Å²) in [4.78, 5) is 56.0. The Morgan fingerprint density at radius 2 is 0.974 bits per heavy atom. The first-order valence-electron chi connectivity index (χ1n) is 24.5. The average Bonchev–Trinajstić information content (AvgIpc) is 3.38. The van der Waals surface area contributed by atoms with Gasteiger partial charge in [-0.2, -0.15) is 0 Å². The number of nitrogens with two attached hydrogens (primary N) is 2. The molecule has 77 heavy (non-hydrogen) atoms. The van der Waals surface area contributed by atoms with Crippen LogP contribution in [0.3, 0.4) is 0 Å². The molecule has 2 aromatic carbocycles. The number of piperazine rings is 1. The monoisotopic (exact) mass is 1140 g/mol. The summed E-state index contributed by atoms with van der Waals surface area (Å²) in [5.41, 5.74) is 14.3. The lowest BCUT2D eigenvalue weighted by atomic mass is 10.1. The normalized spacial score (nSPS) is 15.0. The minimum absolute atomic E-state index is 0.108. The van der Waals surface area contributed by atoms with E-state index in [2.05, 4.69) is 29.9 Å². The predicted molar refractivity (Wildman–Crippen MR) is 292 cm³/mol. The molecule has 2 saturated heterocycles. The molecule has 18 nitrogen and oxygen atoms in total. The number of benzene rings is 2. The van der Waals surface area contributed by atoms with Crippen LogP contribution in [0.5, 0.6) is 17.5 Å². The van der Waals surface area contributed by atoms with Gasteiger partial charge in [0.05, 0.1) is 10.0 Å². The Labute approximate surface area is 465 Å². The Kier molecular flexibility index (Phi) is 18.6. The van der Waals surface area contributed by atoms with Crippen LogP contribution in [0.1, 0.15) is 91.6 Å². The molecule has 4 aromatic heterocycles. The number of likely N-dealkylation sites (tertiary alicyclic amines) is 1. The Balaban J connectivity index is 0.000000224. The standard InChI is InChI=1S/C27H30Cl2FN5O4.C26H29Cl2FN6O3/c1-15(22-19(28)5-6-20(30)23(22)29)37-21-11-16(12-32-24(21)31)17-13-33-25(34-14-17)38-18-7-9-35(10-8-18)26(36)39-27(2,3)4;1-15(21-18(27)5-6-19(29)22(21)28)37-20-11-16(12-31-23(20)30)17-13-32-24(33-14-17)34-7-9-35(10-8-34)25(36)38-26(2,3)4/h5-6,11-15,18H,7-10H2,1-4H3,(H2,31,32);5-6,11-15H,7-10H2,1-4H3,(H2,30,31). The van der Waals surface area contributed by atoms with Gasteiger partial charge < -0.3 is 49.9 Å². The summed E-state index contributed by atoms with van der Waals surface area (Å²) in [6, 6.07) is 8.86. The quantitative estimate of drug-likeness (QED) is 0.115. The van der Waals surface area contributed by atoms with Crippen molar-refractivity contribution in [2.45, 2.75) is 97.7 Å². The number of pyridine rings is 2.